The highest BCUT2D eigenvalue weighted by atomic mass is 16.8. The number of ether oxygens (including phenoxy) is 2. The van der Waals surface area contributed by atoms with E-state index in [9.17, 15) is 4.79 Å². The Balaban J connectivity index is 2.57. The molecule has 0 N–H and O–H groups in total. The van der Waals surface area contributed by atoms with Crippen molar-refractivity contribution < 1.29 is 14.3 Å². The Kier molecular flexibility index (Phi) is 3.90. The van der Waals surface area contributed by atoms with Gasteiger partial charge < -0.3 is 14.3 Å². The molecule has 1 aliphatic heterocycles. The maximum absolute atomic E-state index is 11.1. The van der Waals surface area contributed by atoms with E-state index in [2.05, 4.69) is 6.92 Å². The predicted octanol–water partition coefficient (Wildman–Crippen LogP) is 2.68. The number of hydrogen-bond donors (Lipinski definition) is 0. The average molecular weight is 214 g/mol. The standard InChI is InChI=1S/C12H22O3/c1-5-6-7-8-10-12(4,9-13)15-11(2,3)14-10/h9-10H,5-8H2,1-4H3/t10-,12-/m1/s1. The fourth-order valence-corrected chi connectivity index (χ4v) is 2.10. The summed E-state index contributed by atoms with van der Waals surface area (Å²) in [4.78, 5) is 11.1. The number of carbonyl (C=O) groups is 1. The first-order valence-electron chi connectivity index (χ1n) is 5.78. The zero-order valence-corrected chi connectivity index (χ0v) is 10.2. The van der Waals surface area contributed by atoms with E-state index < -0.39 is 11.4 Å². The minimum atomic E-state index is -0.767. The van der Waals surface area contributed by atoms with Gasteiger partial charge in [-0.05, 0) is 27.2 Å². The molecule has 1 aliphatic rings. The van der Waals surface area contributed by atoms with Crippen molar-refractivity contribution in [3.05, 3.63) is 0 Å². The van der Waals surface area contributed by atoms with Crippen LogP contribution in [0.3, 0.4) is 0 Å². The second-order valence-electron chi connectivity index (χ2n) is 4.91. The second kappa shape index (κ2) is 4.62. The summed E-state index contributed by atoms with van der Waals surface area (Å²) in [6, 6.07) is 0. The highest BCUT2D eigenvalue weighted by molar-refractivity contribution is 5.63. The first-order valence-corrected chi connectivity index (χ1v) is 5.78. The van der Waals surface area contributed by atoms with E-state index in [1.807, 2.05) is 20.8 Å². The summed E-state index contributed by atoms with van der Waals surface area (Å²) < 4.78 is 11.4. The largest absolute Gasteiger partial charge is 0.344 e. The molecule has 2 atom stereocenters. The number of aldehydes is 1. The first-order chi connectivity index (χ1) is 6.93. The number of hydrogen-bond acceptors (Lipinski definition) is 3. The summed E-state index contributed by atoms with van der Waals surface area (Å²) in [6.07, 6.45) is 5.11. The number of unbranched alkanes of at least 4 members (excludes halogenated alkanes) is 2. The Morgan fingerprint density at radius 2 is 1.93 bits per heavy atom. The molecular weight excluding hydrogens is 192 g/mol. The molecule has 0 aliphatic carbocycles. The van der Waals surface area contributed by atoms with Gasteiger partial charge in [0, 0.05) is 0 Å². The number of rotatable bonds is 5. The van der Waals surface area contributed by atoms with Gasteiger partial charge in [0.05, 0.1) is 6.10 Å². The molecule has 0 aromatic rings. The van der Waals surface area contributed by atoms with Gasteiger partial charge in [0.2, 0.25) is 0 Å². The van der Waals surface area contributed by atoms with Gasteiger partial charge in [0.25, 0.3) is 0 Å². The van der Waals surface area contributed by atoms with E-state index in [0.717, 1.165) is 19.1 Å². The fourth-order valence-electron chi connectivity index (χ4n) is 2.10. The summed E-state index contributed by atoms with van der Waals surface area (Å²) in [5.74, 6) is -0.632. The Morgan fingerprint density at radius 3 is 2.47 bits per heavy atom. The maximum Gasteiger partial charge on any atom is 0.164 e. The van der Waals surface area contributed by atoms with Crippen molar-refractivity contribution in [1.29, 1.82) is 0 Å². The molecule has 1 saturated heterocycles. The highest BCUT2D eigenvalue weighted by Gasteiger charge is 2.49. The first kappa shape index (κ1) is 12.7. The second-order valence-corrected chi connectivity index (χ2v) is 4.91. The molecule has 0 amide bonds. The molecule has 3 heteroatoms. The maximum atomic E-state index is 11.1. The van der Waals surface area contributed by atoms with Gasteiger partial charge in [-0.15, -0.1) is 0 Å². The van der Waals surface area contributed by atoms with Crippen molar-refractivity contribution in [1.82, 2.24) is 0 Å². The van der Waals surface area contributed by atoms with Gasteiger partial charge in [0.1, 0.15) is 5.60 Å². The van der Waals surface area contributed by atoms with Crippen LogP contribution in [0.15, 0.2) is 0 Å². The predicted molar refractivity (Wildman–Crippen MR) is 58.6 cm³/mol. The van der Waals surface area contributed by atoms with Crippen LogP contribution in [0.4, 0.5) is 0 Å². The quantitative estimate of drug-likeness (QED) is 0.521. The lowest BCUT2D eigenvalue weighted by atomic mass is 9.96. The van der Waals surface area contributed by atoms with Gasteiger partial charge in [-0.2, -0.15) is 0 Å². The van der Waals surface area contributed by atoms with Crippen LogP contribution in [-0.2, 0) is 14.3 Å². The SMILES string of the molecule is CCCCC[C@H]1OC(C)(C)O[C@]1(C)C=O. The van der Waals surface area contributed by atoms with Gasteiger partial charge in [-0.1, -0.05) is 26.2 Å². The molecule has 0 radical (unpaired) electrons. The third-order valence-electron chi connectivity index (χ3n) is 2.83. The molecule has 1 heterocycles. The molecular formula is C12H22O3. The molecule has 1 fully saturated rings. The van der Waals surface area contributed by atoms with Crippen LogP contribution in [0.2, 0.25) is 0 Å². The molecule has 0 unspecified atom stereocenters. The molecule has 15 heavy (non-hydrogen) atoms. The molecule has 3 nitrogen and oxygen atoms in total. The van der Waals surface area contributed by atoms with Gasteiger partial charge in [-0.25, -0.2) is 0 Å². The Bertz CT molecular complexity index is 225. The van der Waals surface area contributed by atoms with E-state index in [1.54, 1.807) is 0 Å². The molecule has 0 spiro atoms. The summed E-state index contributed by atoms with van der Waals surface area (Å²) in [6.45, 7) is 7.68. The minimum Gasteiger partial charge on any atom is -0.344 e. The fraction of sp³-hybridized carbons (Fsp3) is 0.917. The monoisotopic (exact) mass is 214 g/mol. The summed E-state index contributed by atoms with van der Waals surface area (Å²) in [7, 11) is 0. The van der Waals surface area contributed by atoms with Crippen LogP contribution < -0.4 is 0 Å². The van der Waals surface area contributed by atoms with Crippen LogP contribution >= 0.6 is 0 Å². The molecule has 0 bridgehead atoms. The summed E-state index contributed by atoms with van der Waals surface area (Å²) in [5.41, 5.74) is -0.767. The van der Waals surface area contributed by atoms with Crippen molar-refractivity contribution in [3.63, 3.8) is 0 Å². The van der Waals surface area contributed by atoms with Crippen LogP contribution in [0.25, 0.3) is 0 Å². The van der Waals surface area contributed by atoms with E-state index in [4.69, 9.17) is 9.47 Å². The lowest BCUT2D eigenvalue weighted by Crippen LogP contribution is -2.38. The average Bonchev–Trinajstić information content (AvgIpc) is 2.38. The topological polar surface area (TPSA) is 35.5 Å². The summed E-state index contributed by atoms with van der Waals surface area (Å²) in [5, 5.41) is 0. The highest BCUT2D eigenvalue weighted by Crippen LogP contribution is 2.37. The van der Waals surface area contributed by atoms with Crippen molar-refractivity contribution in [2.24, 2.45) is 0 Å². The van der Waals surface area contributed by atoms with E-state index in [-0.39, 0.29) is 6.10 Å². The Hall–Kier alpha value is -0.410. The van der Waals surface area contributed by atoms with E-state index in [0.29, 0.717) is 0 Å². The van der Waals surface area contributed by atoms with Crippen LogP contribution in [0.5, 0.6) is 0 Å². The van der Waals surface area contributed by atoms with E-state index in [1.165, 1.54) is 12.8 Å². The molecule has 1 rings (SSSR count). The van der Waals surface area contributed by atoms with Crippen LogP contribution in [0.1, 0.15) is 53.4 Å². The zero-order chi connectivity index (χ0) is 11.5. The number of carbonyl (C=O) groups excluding carboxylic acids is 1. The Labute approximate surface area is 92.1 Å². The van der Waals surface area contributed by atoms with E-state index >= 15 is 0 Å². The van der Waals surface area contributed by atoms with Crippen molar-refractivity contribution in [3.8, 4) is 0 Å². The van der Waals surface area contributed by atoms with Crippen LogP contribution in [0, 0.1) is 0 Å². The van der Waals surface area contributed by atoms with Gasteiger partial charge in [-0.3, -0.25) is 0 Å². The van der Waals surface area contributed by atoms with Crippen molar-refractivity contribution in [2.75, 3.05) is 0 Å². The summed E-state index contributed by atoms with van der Waals surface area (Å²) >= 11 is 0. The third-order valence-corrected chi connectivity index (χ3v) is 2.83. The van der Waals surface area contributed by atoms with Crippen LogP contribution in [-0.4, -0.2) is 23.8 Å². The van der Waals surface area contributed by atoms with Gasteiger partial charge >= 0.3 is 0 Å². The molecule has 0 aromatic heterocycles. The Morgan fingerprint density at radius 1 is 1.27 bits per heavy atom. The zero-order valence-electron chi connectivity index (χ0n) is 10.2. The molecule has 0 saturated carbocycles. The molecule has 0 aromatic carbocycles. The van der Waals surface area contributed by atoms with Gasteiger partial charge in [0.15, 0.2) is 12.1 Å². The lowest BCUT2D eigenvalue weighted by molar-refractivity contribution is -0.163. The molecule has 88 valence electrons. The van der Waals surface area contributed by atoms with Crippen molar-refractivity contribution in [2.45, 2.75) is 70.9 Å². The third kappa shape index (κ3) is 3.02. The lowest BCUT2D eigenvalue weighted by Gasteiger charge is -2.22. The normalized spacial score (nSPS) is 34.3. The van der Waals surface area contributed by atoms with Crippen molar-refractivity contribution >= 4 is 6.29 Å². The minimum absolute atomic E-state index is 0.100. The smallest absolute Gasteiger partial charge is 0.164 e.